The van der Waals surface area contributed by atoms with Crippen LogP contribution in [0.2, 0.25) is 0 Å². The standard InChI is InChI=1S/C10H2F17O2/c11-3(12,1-2(28)29)4(13,14)5(15,16)6(17,18)7(19,20)8(21,22)9(23,24)10(25,26)27/h1H2. The molecule has 0 aromatic heterocycles. The third-order valence-electron chi connectivity index (χ3n) is 3.15. The highest BCUT2D eigenvalue weighted by atomic mass is 19.4. The molecule has 0 saturated heterocycles. The van der Waals surface area contributed by atoms with Gasteiger partial charge >= 0.3 is 53.6 Å². The van der Waals surface area contributed by atoms with Crippen molar-refractivity contribution in [1.82, 2.24) is 0 Å². The number of alkyl halides is 17. The maximum Gasteiger partial charge on any atom is 0.460 e. The van der Waals surface area contributed by atoms with Crippen molar-refractivity contribution in [2.24, 2.45) is 0 Å². The first-order chi connectivity index (χ1) is 12.2. The van der Waals surface area contributed by atoms with Crippen molar-refractivity contribution < 1.29 is 84.5 Å². The topological polar surface area (TPSA) is 37.0 Å². The number of halogens is 17. The van der Waals surface area contributed by atoms with Crippen molar-refractivity contribution in [3.8, 4) is 0 Å². The Morgan fingerprint density at radius 2 is 0.690 bits per heavy atom. The van der Waals surface area contributed by atoms with Gasteiger partial charge in [0, 0.05) is 0 Å². The summed E-state index contributed by atoms with van der Waals surface area (Å²) >= 11 is 0. The van der Waals surface area contributed by atoms with Crippen LogP contribution in [0.1, 0.15) is 6.42 Å². The molecule has 0 atom stereocenters. The monoisotopic (exact) mass is 477 g/mol. The first-order valence-electron chi connectivity index (χ1n) is 6.08. The molecule has 29 heavy (non-hydrogen) atoms. The van der Waals surface area contributed by atoms with Gasteiger partial charge in [-0.25, -0.2) is 9.90 Å². The lowest BCUT2D eigenvalue weighted by Gasteiger charge is -2.42. The van der Waals surface area contributed by atoms with Crippen LogP contribution >= 0.6 is 0 Å². The summed E-state index contributed by atoms with van der Waals surface area (Å²) in [7, 11) is 0. The highest BCUT2D eigenvalue weighted by molar-refractivity contribution is 5.67. The van der Waals surface area contributed by atoms with Crippen LogP contribution in [0, 0.1) is 0 Å². The summed E-state index contributed by atoms with van der Waals surface area (Å²) in [5.41, 5.74) is 0. The molecule has 0 heterocycles. The molecule has 0 aliphatic carbocycles. The Hall–Kier alpha value is -1.72. The van der Waals surface area contributed by atoms with E-state index in [4.69, 9.17) is 0 Å². The zero-order valence-electron chi connectivity index (χ0n) is 12.4. The van der Waals surface area contributed by atoms with Crippen LogP contribution < -0.4 is 0 Å². The average molecular weight is 477 g/mol. The van der Waals surface area contributed by atoms with E-state index in [1.54, 1.807) is 0 Å². The molecular weight excluding hydrogens is 475 g/mol. The van der Waals surface area contributed by atoms with Gasteiger partial charge in [-0.15, -0.1) is 0 Å². The minimum Gasteiger partial charge on any atom is -0.247 e. The smallest absolute Gasteiger partial charge is 0.247 e. The second kappa shape index (κ2) is 6.64. The molecule has 0 fully saturated rings. The van der Waals surface area contributed by atoms with Crippen molar-refractivity contribution in [2.75, 3.05) is 0 Å². The summed E-state index contributed by atoms with van der Waals surface area (Å²) in [4.78, 5) is 9.79. The van der Waals surface area contributed by atoms with Crippen LogP contribution in [-0.4, -0.2) is 53.6 Å². The number of carbonyl (C=O) groups is 1. The summed E-state index contributed by atoms with van der Waals surface area (Å²) in [5, 5.41) is 9.79. The highest BCUT2D eigenvalue weighted by Crippen LogP contribution is 2.64. The van der Waals surface area contributed by atoms with E-state index >= 15 is 0 Å². The van der Waals surface area contributed by atoms with Crippen LogP contribution in [0.3, 0.4) is 0 Å². The van der Waals surface area contributed by atoms with Gasteiger partial charge in [-0.3, -0.25) is 0 Å². The number of hydrogen-bond acceptors (Lipinski definition) is 1. The van der Waals surface area contributed by atoms with Crippen LogP contribution in [0.5, 0.6) is 0 Å². The molecule has 0 bridgehead atoms. The van der Waals surface area contributed by atoms with Gasteiger partial charge in [-0.05, 0) is 0 Å². The van der Waals surface area contributed by atoms with Gasteiger partial charge in [-0.2, -0.15) is 74.6 Å². The molecule has 0 aliphatic heterocycles. The molecule has 0 unspecified atom stereocenters. The maximum absolute atomic E-state index is 13.1. The molecule has 0 aromatic carbocycles. The van der Waals surface area contributed by atoms with Crippen molar-refractivity contribution in [3.63, 3.8) is 0 Å². The fourth-order valence-electron chi connectivity index (χ4n) is 1.49. The first-order valence-corrected chi connectivity index (χ1v) is 6.08. The van der Waals surface area contributed by atoms with E-state index in [0.717, 1.165) is 0 Å². The Morgan fingerprint density at radius 1 is 0.448 bits per heavy atom. The predicted molar refractivity (Wildman–Crippen MR) is 51.0 cm³/mol. The first kappa shape index (κ1) is 27.3. The second-order valence-electron chi connectivity index (χ2n) is 5.20. The van der Waals surface area contributed by atoms with Gasteiger partial charge in [-0.1, -0.05) is 0 Å². The zero-order chi connectivity index (χ0) is 24.3. The van der Waals surface area contributed by atoms with Gasteiger partial charge < -0.3 is 0 Å². The van der Waals surface area contributed by atoms with E-state index in [2.05, 4.69) is 0 Å². The molecule has 0 aromatic rings. The van der Waals surface area contributed by atoms with E-state index in [1.807, 2.05) is 0 Å². The summed E-state index contributed by atoms with van der Waals surface area (Å²) < 4.78 is 216. The summed E-state index contributed by atoms with van der Waals surface area (Å²) in [6, 6.07) is 0. The van der Waals surface area contributed by atoms with Gasteiger partial charge in [0.15, 0.2) is 0 Å². The molecular formula is C10H2F17O2. The minimum absolute atomic E-state index is 3.38. The molecule has 0 aliphatic rings. The number of hydrogen-bond donors (Lipinski definition) is 0. The summed E-state index contributed by atoms with van der Waals surface area (Å²) in [5.74, 6) is -61.1. The third-order valence-corrected chi connectivity index (χ3v) is 3.15. The van der Waals surface area contributed by atoms with Crippen molar-refractivity contribution >= 4 is 5.97 Å². The number of rotatable bonds is 8. The maximum atomic E-state index is 13.1. The molecule has 0 N–H and O–H groups in total. The molecule has 19 heteroatoms. The predicted octanol–water partition coefficient (Wildman–Crippen LogP) is 5.34. The molecule has 173 valence electrons. The van der Waals surface area contributed by atoms with Crippen molar-refractivity contribution in [2.45, 2.75) is 54.1 Å². The summed E-state index contributed by atoms with van der Waals surface area (Å²) in [6.45, 7) is 0. The van der Waals surface area contributed by atoms with Gasteiger partial charge in [0.25, 0.3) is 0 Å². The average Bonchev–Trinajstić information content (AvgIpc) is 2.43. The lowest BCUT2D eigenvalue weighted by molar-refractivity contribution is -0.461. The minimum atomic E-state index is -8.73. The molecule has 1 radical (unpaired) electrons. The van der Waals surface area contributed by atoms with Gasteiger partial charge in [0.2, 0.25) is 0 Å². The third kappa shape index (κ3) is 3.53. The Morgan fingerprint density at radius 3 is 0.931 bits per heavy atom. The zero-order valence-corrected chi connectivity index (χ0v) is 12.4. The Balaban J connectivity index is 6.69. The summed E-state index contributed by atoms with van der Waals surface area (Å²) in [6.07, 6.45) is -11.4. The van der Waals surface area contributed by atoms with Gasteiger partial charge in [0.05, 0.1) is 0 Å². The largest absolute Gasteiger partial charge is 0.460 e. The van der Waals surface area contributed by atoms with Crippen LogP contribution in [-0.2, 0) is 9.90 Å². The SMILES string of the molecule is [O]C(=O)CC(F)(F)C(F)(F)C(F)(F)C(F)(F)C(F)(F)C(F)(F)C(F)(F)C(F)(F)F. The molecule has 0 saturated carbocycles. The molecule has 0 amide bonds. The lowest BCUT2D eigenvalue weighted by Crippen LogP contribution is -2.74. The lowest BCUT2D eigenvalue weighted by atomic mass is 9.88. The Kier molecular flexibility index (Phi) is 6.25. The quantitative estimate of drug-likeness (QED) is 0.435. The van der Waals surface area contributed by atoms with E-state index in [-0.39, 0.29) is 0 Å². The normalized spacial score (nSPS) is 16.2. The van der Waals surface area contributed by atoms with Crippen molar-refractivity contribution in [1.29, 1.82) is 0 Å². The van der Waals surface area contributed by atoms with E-state index in [1.165, 1.54) is 0 Å². The van der Waals surface area contributed by atoms with E-state index in [9.17, 15) is 84.5 Å². The fourth-order valence-corrected chi connectivity index (χ4v) is 1.49. The van der Waals surface area contributed by atoms with E-state index in [0.29, 0.717) is 0 Å². The van der Waals surface area contributed by atoms with Crippen LogP contribution in [0.25, 0.3) is 0 Å². The highest BCUT2D eigenvalue weighted by Gasteiger charge is 2.95. The Labute approximate surface area is 146 Å². The second-order valence-corrected chi connectivity index (χ2v) is 5.20. The molecule has 0 rings (SSSR count). The van der Waals surface area contributed by atoms with E-state index < -0.39 is 60.0 Å². The van der Waals surface area contributed by atoms with Crippen molar-refractivity contribution in [3.05, 3.63) is 0 Å². The molecule has 0 spiro atoms. The fraction of sp³-hybridized carbons (Fsp3) is 0.900. The number of carbonyl (C=O) groups excluding carboxylic acids is 1. The van der Waals surface area contributed by atoms with Gasteiger partial charge in [0.1, 0.15) is 6.42 Å². The van der Waals surface area contributed by atoms with Crippen LogP contribution in [0.15, 0.2) is 0 Å². The van der Waals surface area contributed by atoms with Crippen LogP contribution in [0.4, 0.5) is 74.6 Å². The molecule has 2 nitrogen and oxygen atoms in total. The Bertz CT molecular complexity index is 631.